The van der Waals surface area contributed by atoms with Crippen molar-refractivity contribution in [3.8, 4) is 17.2 Å². The number of fused-ring (bicyclic) bond motifs is 6. The van der Waals surface area contributed by atoms with E-state index in [-0.39, 0.29) is 62.8 Å². The Morgan fingerprint density at radius 1 is 0.732 bits per heavy atom. The number of rotatable bonds is 16. The molecular formula is C42H44BNO12. The summed E-state index contributed by atoms with van der Waals surface area (Å²) in [6.45, 7) is 9.11. The zero-order chi connectivity index (χ0) is 39.8. The number of Topliss-reactive ketones (excluding diaryl/α,β-unsaturated/α-hetero) is 2. The van der Waals surface area contributed by atoms with Crippen LogP contribution < -0.4 is 10.2 Å². The molecule has 56 heavy (non-hydrogen) atoms. The molecule has 1 unspecified atom stereocenters. The number of benzene rings is 3. The summed E-state index contributed by atoms with van der Waals surface area (Å²) in [5.74, 6) is -0.708. The predicted octanol–water partition coefficient (Wildman–Crippen LogP) is 4.46. The molecule has 1 fully saturated rings. The first-order chi connectivity index (χ1) is 26.7. The number of ketones is 2. The summed E-state index contributed by atoms with van der Waals surface area (Å²) >= 11 is 0. The predicted molar refractivity (Wildman–Crippen MR) is 202 cm³/mol. The molecule has 4 heterocycles. The summed E-state index contributed by atoms with van der Waals surface area (Å²) in [5.41, 5.74) is 0.938. The molecule has 4 aliphatic heterocycles. The van der Waals surface area contributed by atoms with Crippen LogP contribution >= 0.6 is 0 Å². The number of hydrogen-bond donors (Lipinski definition) is 1. The van der Waals surface area contributed by atoms with Crippen LogP contribution in [0.15, 0.2) is 66.7 Å². The smallest absolute Gasteiger partial charge is 0.494 e. The summed E-state index contributed by atoms with van der Waals surface area (Å²) in [5, 5.41) is 10.4. The molecule has 0 aliphatic carbocycles. The molecular weight excluding hydrogens is 721 g/mol. The third-order valence-electron chi connectivity index (χ3n) is 11.0. The van der Waals surface area contributed by atoms with Crippen LogP contribution in [-0.2, 0) is 54.7 Å². The topological polar surface area (TPSA) is 164 Å². The van der Waals surface area contributed by atoms with E-state index < -0.39 is 41.7 Å². The van der Waals surface area contributed by atoms with Gasteiger partial charge in [0.05, 0.1) is 36.6 Å². The van der Waals surface area contributed by atoms with Gasteiger partial charge in [0.2, 0.25) is 0 Å². The number of ether oxygens (including phenoxy) is 4. The zero-order valence-electron chi connectivity index (χ0n) is 31.9. The quantitative estimate of drug-likeness (QED) is 0.0945. The highest BCUT2D eigenvalue weighted by Crippen LogP contribution is 2.56. The molecule has 0 radical (unpaired) electrons. The number of phenolic OH excluding ortho intramolecular Hbond substituents is 1. The fraction of sp³-hybridized carbons (Fsp3) is 0.405. The highest BCUT2D eigenvalue weighted by molar-refractivity contribution is 6.62. The Bertz CT molecular complexity index is 2090. The molecule has 1 saturated heterocycles. The summed E-state index contributed by atoms with van der Waals surface area (Å²) in [7, 11) is -0.663. The van der Waals surface area contributed by atoms with Gasteiger partial charge in [0.15, 0.2) is 5.60 Å². The third kappa shape index (κ3) is 7.53. The second-order valence-corrected chi connectivity index (χ2v) is 15.3. The van der Waals surface area contributed by atoms with Gasteiger partial charge in [-0.05, 0) is 75.5 Å². The van der Waals surface area contributed by atoms with Gasteiger partial charge < -0.3 is 33.4 Å². The van der Waals surface area contributed by atoms with E-state index in [9.17, 15) is 29.1 Å². The molecule has 7 rings (SSSR count). The molecule has 2 amide bonds. The molecule has 13 nitrogen and oxygen atoms in total. The Kier molecular flexibility index (Phi) is 10.8. The lowest BCUT2D eigenvalue weighted by Gasteiger charge is -2.37. The van der Waals surface area contributed by atoms with E-state index in [0.29, 0.717) is 64.4 Å². The number of nitrogens with zero attached hydrogens (tertiary/aromatic N) is 1. The maximum atomic E-state index is 13.5. The maximum absolute atomic E-state index is 13.5. The number of carbonyl (C=O) groups excluding carboxylic acids is 5. The van der Waals surface area contributed by atoms with Crippen LogP contribution in [0.1, 0.15) is 86.0 Å². The largest absolute Gasteiger partial charge is 0.508 e. The van der Waals surface area contributed by atoms with Crippen LogP contribution in [0.2, 0.25) is 0 Å². The zero-order valence-corrected chi connectivity index (χ0v) is 31.9. The molecule has 1 N–H and O–H groups in total. The number of imide groups is 1. The minimum atomic E-state index is -1.40. The first-order valence-electron chi connectivity index (χ1n) is 18.8. The third-order valence-corrected chi connectivity index (χ3v) is 11.0. The molecule has 1 spiro atoms. The highest BCUT2D eigenvalue weighted by Gasteiger charge is 2.55. The fourth-order valence-electron chi connectivity index (χ4n) is 7.22. The minimum absolute atomic E-state index is 0.0172. The van der Waals surface area contributed by atoms with Crippen LogP contribution in [0.3, 0.4) is 0 Å². The van der Waals surface area contributed by atoms with Gasteiger partial charge in [0.25, 0.3) is 11.8 Å². The van der Waals surface area contributed by atoms with E-state index in [2.05, 4.69) is 0 Å². The van der Waals surface area contributed by atoms with E-state index in [4.69, 9.17) is 28.3 Å². The van der Waals surface area contributed by atoms with Gasteiger partial charge in [-0.15, -0.1) is 0 Å². The normalized spacial score (nSPS) is 19.9. The first kappa shape index (κ1) is 39.1. The fourth-order valence-corrected chi connectivity index (χ4v) is 7.22. The number of aromatic hydroxyl groups is 1. The van der Waals surface area contributed by atoms with Gasteiger partial charge in [-0.1, -0.05) is 18.2 Å². The molecule has 292 valence electrons. The van der Waals surface area contributed by atoms with Gasteiger partial charge in [0, 0.05) is 73.7 Å². The lowest BCUT2D eigenvalue weighted by Crippen LogP contribution is -2.41. The van der Waals surface area contributed by atoms with Crippen LogP contribution in [0.25, 0.3) is 0 Å². The van der Waals surface area contributed by atoms with Crippen molar-refractivity contribution in [3.63, 3.8) is 0 Å². The van der Waals surface area contributed by atoms with E-state index in [1.165, 1.54) is 24.3 Å². The first-order valence-corrected chi connectivity index (χ1v) is 18.8. The molecule has 3 aromatic carbocycles. The summed E-state index contributed by atoms with van der Waals surface area (Å²) < 4.78 is 36.4. The monoisotopic (exact) mass is 765 g/mol. The lowest BCUT2D eigenvalue weighted by atomic mass is 9.73. The van der Waals surface area contributed by atoms with Gasteiger partial charge in [-0.2, -0.15) is 0 Å². The summed E-state index contributed by atoms with van der Waals surface area (Å²) in [6, 6.07) is 15.5. The molecule has 0 saturated carbocycles. The second-order valence-electron chi connectivity index (χ2n) is 15.3. The molecule has 14 heteroatoms. The number of carbonyl (C=O) groups is 5. The second kappa shape index (κ2) is 15.4. The number of phenols is 1. The van der Waals surface area contributed by atoms with Gasteiger partial charge >= 0.3 is 13.1 Å². The van der Waals surface area contributed by atoms with Crippen molar-refractivity contribution in [3.05, 3.63) is 94.6 Å². The Morgan fingerprint density at radius 3 is 2.11 bits per heavy atom. The van der Waals surface area contributed by atoms with Crippen LogP contribution in [0.5, 0.6) is 17.2 Å². The average molecular weight is 766 g/mol. The van der Waals surface area contributed by atoms with E-state index in [1.54, 1.807) is 18.2 Å². The standard InChI is InChI=1S/C42H44BNO12/c1-40(2)41(3,4)56-43(55-40)27-8-11-32-35(24-27)53-36-25-29(46)9-12-33(36)42(32)34-23-26(7-10-31(34)39(50)54-42)22-30(47)16-19-52-21-20-51-18-5-6-28(45)15-17-44-37(48)13-14-38(44)49/h7-14,23-25,46H,5-6,15-22H2,1-4H3. The highest BCUT2D eigenvalue weighted by atomic mass is 16.7. The maximum Gasteiger partial charge on any atom is 0.494 e. The Balaban J connectivity index is 0.950. The summed E-state index contributed by atoms with van der Waals surface area (Å²) in [4.78, 5) is 62.9. The number of esters is 1. The minimum Gasteiger partial charge on any atom is -0.508 e. The van der Waals surface area contributed by atoms with Gasteiger partial charge in [-0.3, -0.25) is 24.1 Å². The van der Waals surface area contributed by atoms with Crippen molar-refractivity contribution < 1.29 is 57.3 Å². The molecule has 0 aromatic heterocycles. The van der Waals surface area contributed by atoms with Crippen molar-refractivity contribution in [1.82, 2.24) is 4.90 Å². The van der Waals surface area contributed by atoms with Gasteiger partial charge in [-0.25, -0.2) is 4.79 Å². The van der Waals surface area contributed by atoms with Crippen molar-refractivity contribution in [2.24, 2.45) is 0 Å². The average Bonchev–Trinajstić information content (AvgIpc) is 3.71. The molecule has 4 aliphatic rings. The van der Waals surface area contributed by atoms with E-state index in [0.717, 1.165) is 4.90 Å². The summed E-state index contributed by atoms with van der Waals surface area (Å²) in [6.07, 6.45) is 3.57. The van der Waals surface area contributed by atoms with Gasteiger partial charge in [0.1, 0.15) is 28.8 Å². The van der Waals surface area contributed by atoms with Crippen molar-refractivity contribution in [2.45, 2.75) is 76.6 Å². The van der Waals surface area contributed by atoms with Crippen molar-refractivity contribution >= 4 is 41.9 Å². The Labute approximate surface area is 325 Å². The van der Waals surface area contributed by atoms with E-state index >= 15 is 0 Å². The molecule has 1 atom stereocenters. The lowest BCUT2D eigenvalue weighted by molar-refractivity contribution is -0.137. The number of hydrogen-bond acceptors (Lipinski definition) is 12. The van der Waals surface area contributed by atoms with Crippen LogP contribution in [-0.4, -0.2) is 90.6 Å². The molecule has 3 aromatic rings. The van der Waals surface area contributed by atoms with E-state index in [1.807, 2.05) is 52.0 Å². The SMILES string of the molecule is CC1(C)OB(c2ccc3c(c2)Oc2cc(O)ccc2C32OC(=O)c3ccc(CC(=O)CCOCCOCCCC(=O)CCN4C(=O)C=CC4=O)cc32)OC1(C)C. The van der Waals surface area contributed by atoms with Crippen LogP contribution in [0.4, 0.5) is 0 Å². The Morgan fingerprint density at radius 2 is 1.39 bits per heavy atom. The molecule has 0 bridgehead atoms. The number of amides is 2. The van der Waals surface area contributed by atoms with Crippen molar-refractivity contribution in [1.29, 1.82) is 0 Å². The van der Waals surface area contributed by atoms with Crippen molar-refractivity contribution in [2.75, 3.05) is 33.0 Å². The van der Waals surface area contributed by atoms with Crippen LogP contribution in [0, 0.1) is 0 Å². The Hall–Kier alpha value is -5.15.